The van der Waals surface area contributed by atoms with E-state index in [1.54, 1.807) is 16.3 Å². The highest BCUT2D eigenvalue weighted by atomic mass is 32.2. The number of carbonyl (C=O) groups excluding carboxylic acids is 2. The van der Waals surface area contributed by atoms with Gasteiger partial charge in [-0.2, -0.15) is 4.98 Å². The number of fused-ring (bicyclic) bond motifs is 1. The third-order valence-corrected chi connectivity index (χ3v) is 5.86. The summed E-state index contributed by atoms with van der Waals surface area (Å²) in [5.41, 5.74) is 3.37. The molecule has 0 bridgehead atoms. The van der Waals surface area contributed by atoms with Gasteiger partial charge in [0.15, 0.2) is 0 Å². The molecule has 1 amide bonds. The molecule has 0 radical (unpaired) electrons. The van der Waals surface area contributed by atoms with Crippen molar-refractivity contribution in [3.63, 3.8) is 0 Å². The maximum atomic E-state index is 13.2. The first-order valence-electron chi connectivity index (χ1n) is 10.1. The second-order valence-corrected chi connectivity index (χ2v) is 8.30. The van der Waals surface area contributed by atoms with Gasteiger partial charge in [-0.15, -0.1) is 5.10 Å². The minimum absolute atomic E-state index is 0.106. The predicted octanol–water partition coefficient (Wildman–Crippen LogP) is 3.30. The lowest BCUT2D eigenvalue weighted by molar-refractivity contribution is -0.145. The Morgan fingerprint density at radius 2 is 1.97 bits per heavy atom. The minimum atomic E-state index is -0.392. The van der Waals surface area contributed by atoms with Crippen molar-refractivity contribution in [2.24, 2.45) is 5.92 Å². The Labute approximate surface area is 186 Å². The van der Waals surface area contributed by atoms with Gasteiger partial charge < -0.3 is 9.64 Å². The molecule has 0 fully saturated rings. The molecule has 1 atom stereocenters. The molecule has 0 spiro atoms. The Kier molecular flexibility index (Phi) is 7.27. The van der Waals surface area contributed by atoms with Crippen LogP contribution in [-0.2, 0) is 15.3 Å². The van der Waals surface area contributed by atoms with Gasteiger partial charge in [-0.1, -0.05) is 36.9 Å². The second-order valence-electron chi connectivity index (χ2n) is 7.36. The Hall–Kier alpha value is -2.94. The number of methoxy groups -OCH3 is 1. The zero-order chi connectivity index (χ0) is 22.5. The van der Waals surface area contributed by atoms with Crippen LogP contribution in [0.25, 0.3) is 5.78 Å². The van der Waals surface area contributed by atoms with Crippen LogP contribution in [-0.4, -0.2) is 56.6 Å². The van der Waals surface area contributed by atoms with Crippen molar-refractivity contribution in [3.05, 3.63) is 52.8 Å². The Bertz CT molecular complexity index is 1100. The van der Waals surface area contributed by atoms with Gasteiger partial charge in [-0.05, 0) is 38.5 Å². The number of rotatable bonds is 8. The minimum Gasteiger partial charge on any atom is -0.469 e. The van der Waals surface area contributed by atoms with E-state index in [2.05, 4.69) is 15.1 Å². The number of aromatic nitrogens is 4. The van der Waals surface area contributed by atoms with Crippen molar-refractivity contribution in [1.82, 2.24) is 24.5 Å². The first-order chi connectivity index (χ1) is 14.8. The first-order valence-corrected chi connectivity index (χ1v) is 11.1. The lowest BCUT2D eigenvalue weighted by Crippen LogP contribution is -2.37. The number of hydrogen-bond acceptors (Lipinski definition) is 7. The Balaban J connectivity index is 1.77. The fraction of sp³-hybridized carbons (Fsp3) is 0.409. The van der Waals surface area contributed by atoms with E-state index in [-0.39, 0.29) is 11.9 Å². The van der Waals surface area contributed by atoms with E-state index in [1.807, 2.05) is 51.1 Å². The molecule has 0 aliphatic carbocycles. The van der Waals surface area contributed by atoms with Crippen LogP contribution in [0.3, 0.4) is 0 Å². The van der Waals surface area contributed by atoms with Crippen molar-refractivity contribution in [2.45, 2.75) is 38.6 Å². The van der Waals surface area contributed by atoms with Crippen LogP contribution in [0.4, 0.5) is 0 Å². The van der Waals surface area contributed by atoms with Gasteiger partial charge in [-0.25, -0.2) is 9.50 Å². The molecular formula is C22H27N5O3S. The van der Waals surface area contributed by atoms with Crippen molar-refractivity contribution >= 4 is 29.4 Å². The van der Waals surface area contributed by atoms with Gasteiger partial charge in [0.25, 0.3) is 11.7 Å². The van der Waals surface area contributed by atoms with E-state index >= 15 is 0 Å². The summed E-state index contributed by atoms with van der Waals surface area (Å²) >= 11 is 1.46. The summed E-state index contributed by atoms with van der Waals surface area (Å²) in [5.74, 6) is 0.286. The number of amides is 1. The van der Waals surface area contributed by atoms with E-state index in [1.165, 1.54) is 18.9 Å². The summed E-state index contributed by atoms with van der Waals surface area (Å²) in [6.45, 7) is 8.36. The molecule has 8 nitrogen and oxygen atoms in total. The van der Waals surface area contributed by atoms with Crippen molar-refractivity contribution in [2.75, 3.05) is 20.2 Å². The molecule has 1 unspecified atom stereocenters. The van der Waals surface area contributed by atoms with Crippen LogP contribution in [0, 0.1) is 19.8 Å². The maximum Gasteiger partial charge on any atom is 0.310 e. The fourth-order valence-electron chi connectivity index (χ4n) is 3.34. The highest BCUT2D eigenvalue weighted by Crippen LogP contribution is 2.24. The monoisotopic (exact) mass is 441 g/mol. The first kappa shape index (κ1) is 22.7. The zero-order valence-corrected chi connectivity index (χ0v) is 19.3. The molecular weight excluding hydrogens is 414 g/mol. The molecule has 0 saturated heterocycles. The Morgan fingerprint density at radius 3 is 2.68 bits per heavy atom. The summed E-state index contributed by atoms with van der Waals surface area (Å²) in [4.78, 5) is 35.6. The molecule has 3 aromatic rings. The number of nitrogens with zero attached hydrogens (tertiary/aromatic N) is 5. The van der Waals surface area contributed by atoms with Crippen LogP contribution in [0.15, 0.2) is 35.5 Å². The number of hydrogen-bond donors (Lipinski definition) is 0. The fourth-order valence-corrected chi connectivity index (χ4v) is 4.16. The van der Waals surface area contributed by atoms with E-state index < -0.39 is 5.92 Å². The summed E-state index contributed by atoms with van der Waals surface area (Å²) in [7, 11) is 1.36. The zero-order valence-electron chi connectivity index (χ0n) is 18.5. The lowest BCUT2D eigenvalue weighted by atomic mass is 10.1. The number of benzene rings is 1. The van der Waals surface area contributed by atoms with Gasteiger partial charge in [0, 0.05) is 35.8 Å². The average Bonchev–Trinajstić information content (AvgIpc) is 3.18. The highest BCUT2D eigenvalue weighted by molar-refractivity contribution is 7.98. The molecule has 0 aliphatic rings. The summed E-state index contributed by atoms with van der Waals surface area (Å²) in [5, 5.41) is 5.13. The maximum absolute atomic E-state index is 13.2. The summed E-state index contributed by atoms with van der Waals surface area (Å²) in [6, 6.07) is 9.46. The SMILES string of the molecule is CCN(CC(C)C(=O)OC)C(=O)c1ccccc1CSc1nc2nc(C)cc(C)n2n1. The number of aryl methyl sites for hydroxylation is 2. The molecule has 0 N–H and O–H groups in total. The molecule has 2 heterocycles. The normalized spacial score (nSPS) is 12.0. The van der Waals surface area contributed by atoms with Crippen LogP contribution >= 0.6 is 11.8 Å². The third-order valence-electron chi connectivity index (χ3n) is 4.97. The van der Waals surface area contributed by atoms with Crippen molar-refractivity contribution in [3.8, 4) is 0 Å². The van der Waals surface area contributed by atoms with E-state index in [9.17, 15) is 9.59 Å². The quantitative estimate of drug-likeness (QED) is 0.391. The van der Waals surface area contributed by atoms with Crippen LogP contribution < -0.4 is 0 Å². The average molecular weight is 442 g/mol. The number of thioether (sulfide) groups is 1. The highest BCUT2D eigenvalue weighted by Gasteiger charge is 2.23. The van der Waals surface area contributed by atoms with Gasteiger partial charge >= 0.3 is 5.97 Å². The van der Waals surface area contributed by atoms with Crippen molar-refractivity contribution in [1.29, 1.82) is 0 Å². The van der Waals surface area contributed by atoms with Crippen LogP contribution in [0.1, 0.15) is 41.2 Å². The molecule has 0 saturated carbocycles. The van der Waals surface area contributed by atoms with Gasteiger partial charge in [-0.3, -0.25) is 9.59 Å². The van der Waals surface area contributed by atoms with Gasteiger partial charge in [0.2, 0.25) is 5.16 Å². The molecule has 31 heavy (non-hydrogen) atoms. The number of esters is 1. The smallest absolute Gasteiger partial charge is 0.310 e. The van der Waals surface area contributed by atoms with Crippen LogP contribution in [0.2, 0.25) is 0 Å². The molecule has 0 aliphatic heterocycles. The van der Waals surface area contributed by atoms with Gasteiger partial charge in [0.05, 0.1) is 13.0 Å². The molecule has 164 valence electrons. The summed E-state index contributed by atoms with van der Waals surface area (Å²) in [6.07, 6.45) is 0. The van der Waals surface area contributed by atoms with Crippen LogP contribution in [0.5, 0.6) is 0 Å². The summed E-state index contributed by atoms with van der Waals surface area (Å²) < 4.78 is 6.52. The Morgan fingerprint density at radius 1 is 1.23 bits per heavy atom. The van der Waals surface area contributed by atoms with E-state index in [0.717, 1.165) is 17.0 Å². The lowest BCUT2D eigenvalue weighted by Gasteiger charge is -2.24. The molecule has 1 aromatic carbocycles. The molecule has 2 aromatic heterocycles. The van der Waals surface area contributed by atoms with Gasteiger partial charge in [0.1, 0.15) is 0 Å². The molecule has 9 heteroatoms. The van der Waals surface area contributed by atoms with E-state index in [0.29, 0.717) is 35.3 Å². The third kappa shape index (κ3) is 5.22. The number of carbonyl (C=O) groups is 2. The topological polar surface area (TPSA) is 89.7 Å². The van der Waals surface area contributed by atoms with E-state index in [4.69, 9.17) is 4.74 Å². The number of ether oxygens (including phenoxy) is 1. The standard InChI is InChI=1S/C22H27N5O3S/c1-6-26(12-14(2)20(29)30-5)19(28)18-10-8-7-9-17(18)13-31-22-24-21-23-15(3)11-16(4)27(21)25-22/h7-11,14H,6,12-13H2,1-5H3. The van der Waals surface area contributed by atoms with Crippen molar-refractivity contribution < 1.29 is 14.3 Å². The predicted molar refractivity (Wildman–Crippen MR) is 119 cm³/mol. The largest absolute Gasteiger partial charge is 0.469 e. The second kappa shape index (κ2) is 9.91. The molecule has 3 rings (SSSR count).